The van der Waals surface area contributed by atoms with Crippen LogP contribution in [0.5, 0.6) is 0 Å². The molecule has 0 bridgehead atoms. The second kappa shape index (κ2) is 5.70. The van der Waals surface area contributed by atoms with Crippen LogP contribution in [0.15, 0.2) is 12.3 Å². The van der Waals surface area contributed by atoms with Gasteiger partial charge in [0, 0.05) is 12.8 Å². The van der Waals surface area contributed by atoms with E-state index in [1.165, 1.54) is 0 Å². The van der Waals surface area contributed by atoms with Crippen LogP contribution in [0.4, 0.5) is 0 Å². The van der Waals surface area contributed by atoms with E-state index in [1.807, 2.05) is 33.0 Å². The fourth-order valence-electron chi connectivity index (χ4n) is 2.41. The van der Waals surface area contributed by atoms with Crippen LogP contribution in [0, 0.1) is 6.92 Å². The summed E-state index contributed by atoms with van der Waals surface area (Å²) in [5.74, 6) is 0.840. The number of imidazole rings is 1. The number of ether oxygens (including phenoxy) is 1. The maximum Gasteiger partial charge on any atom is 0.160 e. The van der Waals surface area contributed by atoms with Crippen LogP contribution < -0.4 is 0 Å². The standard InChI is InChI=1S/C15H22ClN3O/c1-6-20-15(4,5)9-19-13(11(3)16)18-12-7-10(2)8-17-14(12)19/h7-8,11H,6,9H2,1-5H3. The molecule has 2 rings (SSSR count). The molecular formula is C15H22ClN3O. The van der Waals surface area contributed by atoms with Crippen LogP contribution in [0.2, 0.25) is 0 Å². The summed E-state index contributed by atoms with van der Waals surface area (Å²) in [6, 6.07) is 2.04. The zero-order chi connectivity index (χ0) is 14.9. The molecule has 4 nitrogen and oxygen atoms in total. The Morgan fingerprint density at radius 3 is 2.75 bits per heavy atom. The van der Waals surface area contributed by atoms with Crippen molar-refractivity contribution in [1.29, 1.82) is 0 Å². The van der Waals surface area contributed by atoms with Gasteiger partial charge in [0.05, 0.1) is 17.5 Å². The minimum atomic E-state index is -0.282. The van der Waals surface area contributed by atoms with Crippen molar-refractivity contribution in [2.75, 3.05) is 6.61 Å². The lowest BCUT2D eigenvalue weighted by Crippen LogP contribution is -2.31. The molecule has 0 saturated carbocycles. The number of alkyl halides is 1. The van der Waals surface area contributed by atoms with Gasteiger partial charge in [-0.3, -0.25) is 0 Å². The SMILES string of the molecule is CCOC(C)(C)Cn1c(C(C)Cl)nc2cc(C)cnc21. The van der Waals surface area contributed by atoms with E-state index < -0.39 is 0 Å². The van der Waals surface area contributed by atoms with Crippen molar-refractivity contribution in [2.24, 2.45) is 0 Å². The van der Waals surface area contributed by atoms with E-state index in [0.29, 0.717) is 13.2 Å². The minimum Gasteiger partial charge on any atom is -0.374 e. The first-order valence-corrected chi connectivity index (χ1v) is 7.38. The Kier molecular flexibility index (Phi) is 4.35. The number of aryl methyl sites for hydroxylation is 1. The summed E-state index contributed by atoms with van der Waals surface area (Å²) in [6.45, 7) is 11.4. The molecule has 0 saturated heterocycles. The molecule has 0 N–H and O–H groups in total. The molecule has 2 aromatic rings. The number of hydrogen-bond donors (Lipinski definition) is 0. The van der Waals surface area contributed by atoms with Crippen molar-refractivity contribution in [3.63, 3.8) is 0 Å². The van der Waals surface area contributed by atoms with Crippen molar-refractivity contribution in [3.05, 3.63) is 23.7 Å². The van der Waals surface area contributed by atoms with Crippen LogP contribution in [0.25, 0.3) is 11.2 Å². The number of nitrogens with zero attached hydrogens (tertiary/aromatic N) is 3. The largest absolute Gasteiger partial charge is 0.374 e. The van der Waals surface area contributed by atoms with E-state index in [2.05, 4.69) is 28.4 Å². The van der Waals surface area contributed by atoms with Gasteiger partial charge in [-0.25, -0.2) is 9.97 Å². The van der Waals surface area contributed by atoms with Crippen molar-refractivity contribution in [1.82, 2.24) is 14.5 Å². The molecule has 1 atom stereocenters. The summed E-state index contributed by atoms with van der Waals surface area (Å²) in [6.07, 6.45) is 1.86. The molecule has 0 aliphatic heterocycles. The number of pyridine rings is 1. The van der Waals surface area contributed by atoms with Crippen molar-refractivity contribution < 1.29 is 4.74 Å². The first kappa shape index (κ1) is 15.3. The van der Waals surface area contributed by atoms with Crippen LogP contribution in [0.3, 0.4) is 0 Å². The second-order valence-corrected chi connectivity index (χ2v) is 6.37. The second-order valence-electron chi connectivity index (χ2n) is 5.72. The van der Waals surface area contributed by atoms with Gasteiger partial charge in [0.15, 0.2) is 5.65 Å². The van der Waals surface area contributed by atoms with Crippen LogP contribution in [-0.2, 0) is 11.3 Å². The fraction of sp³-hybridized carbons (Fsp3) is 0.600. The quantitative estimate of drug-likeness (QED) is 0.787. The Balaban J connectivity index is 2.51. The van der Waals surface area contributed by atoms with Crippen LogP contribution >= 0.6 is 11.6 Å². The number of aromatic nitrogens is 3. The highest BCUT2D eigenvalue weighted by atomic mass is 35.5. The Bertz CT molecular complexity index is 604. The Labute approximate surface area is 125 Å². The molecule has 0 aromatic carbocycles. The molecule has 110 valence electrons. The summed E-state index contributed by atoms with van der Waals surface area (Å²) in [5, 5.41) is -0.165. The van der Waals surface area contributed by atoms with Gasteiger partial charge in [-0.15, -0.1) is 11.6 Å². The van der Waals surface area contributed by atoms with Gasteiger partial charge in [0.1, 0.15) is 11.3 Å². The summed E-state index contributed by atoms with van der Waals surface area (Å²) in [5.41, 5.74) is 2.57. The molecule has 20 heavy (non-hydrogen) atoms. The molecular weight excluding hydrogens is 274 g/mol. The smallest absolute Gasteiger partial charge is 0.160 e. The lowest BCUT2D eigenvalue weighted by Gasteiger charge is -2.26. The van der Waals surface area contributed by atoms with E-state index in [0.717, 1.165) is 22.6 Å². The van der Waals surface area contributed by atoms with Crippen LogP contribution in [0.1, 0.15) is 44.5 Å². The van der Waals surface area contributed by atoms with Crippen molar-refractivity contribution >= 4 is 22.8 Å². The predicted octanol–water partition coefficient (Wildman–Crippen LogP) is 3.85. The molecule has 0 aliphatic rings. The van der Waals surface area contributed by atoms with Gasteiger partial charge in [-0.05, 0) is 46.2 Å². The third-order valence-electron chi connectivity index (χ3n) is 3.18. The normalized spacial score (nSPS) is 13.9. The number of halogens is 1. The Morgan fingerprint density at radius 2 is 2.15 bits per heavy atom. The van der Waals surface area contributed by atoms with Crippen LogP contribution in [-0.4, -0.2) is 26.7 Å². The highest BCUT2D eigenvalue weighted by molar-refractivity contribution is 6.20. The molecule has 0 fully saturated rings. The van der Waals surface area contributed by atoms with E-state index in [9.17, 15) is 0 Å². The van der Waals surface area contributed by atoms with Gasteiger partial charge in [0.25, 0.3) is 0 Å². The highest BCUT2D eigenvalue weighted by Crippen LogP contribution is 2.26. The highest BCUT2D eigenvalue weighted by Gasteiger charge is 2.24. The summed E-state index contributed by atoms with van der Waals surface area (Å²) < 4.78 is 7.86. The molecule has 0 amide bonds. The topological polar surface area (TPSA) is 39.9 Å². The monoisotopic (exact) mass is 295 g/mol. The van der Waals surface area contributed by atoms with Gasteiger partial charge < -0.3 is 9.30 Å². The average molecular weight is 296 g/mol. The van der Waals surface area contributed by atoms with Crippen molar-refractivity contribution in [3.8, 4) is 0 Å². The maximum atomic E-state index is 6.27. The van der Waals surface area contributed by atoms with E-state index in [4.69, 9.17) is 16.3 Å². The molecule has 1 unspecified atom stereocenters. The zero-order valence-corrected chi connectivity index (χ0v) is 13.5. The average Bonchev–Trinajstić information content (AvgIpc) is 2.66. The van der Waals surface area contributed by atoms with Gasteiger partial charge in [-0.2, -0.15) is 0 Å². The van der Waals surface area contributed by atoms with Gasteiger partial charge >= 0.3 is 0 Å². The lowest BCUT2D eigenvalue weighted by molar-refractivity contribution is -0.0222. The Hall–Kier alpha value is -1.13. The Morgan fingerprint density at radius 1 is 1.45 bits per heavy atom. The number of rotatable bonds is 5. The first-order chi connectivity index (χ1) is 9.34. The van der Waals surface area contributed by atoms with E-state index in [-0.39, 0.29) is 11.0 Å². The molecule has 2 aromatic heterocycles. The lowest BCUT2D eigenvalue weighted by atomic mass is 10.1. The third kappa shape index (κ3) is 3.13. The summed E-state index contributed by atoms with van der Waals surface area (Å²) in [7, 11) is 0. The first-order valence-electron chi connectivity index (χ1n) is 6.95. The summed E-state index contributed by atoms with van der Waals surface area (Å²) >= 11 is 6.27. The van der Waals surface area contributed by atoms with Gasteiger partial charge in [-0.1, -0.05) is 0 Å². The van der Waals surface area contributed by atoms with E-state index in [1.54, 1.807) is 0 Å². The zero-order valence-electron chi connectivity index (χ0n) is 12.8. The van der Waals surface area contributed by atoms with Crippen molar-refractivity contribution in [2.45, 2.75) is 52.1 Å². The molecule has 0 radical (unpaired) electrons. The third-order valence-corrected chi connectivity index (χ3v) is 3.38. The molecule has 0 aliphatic carbocycles. The predicted molar refractivity (Wildman–Crippen MR) is 82.2 cm³/mol. The fourth-order valence-corrected chi connectivity index (χ4v) is 2.57. The minimum absolute atomic E-state index is 0.165. The summed E-state index contributed by atoms with van der Waals surface area (Å²) in [4.78, 5) is 9.14. The molecule has 0 spiro atoms. The van der Waals surface area contributed by atoms with Gasteiger partial charge in [0.2, 0.25) is 0 Å². The number of fused-ring (bicyclic) bond motifs is 1. The molecule has 2 heterocycles. The number of hydrogen-bond acceptors (Lipinski definition) is 3. The molecule has 5 heteroatoms. The van der Waals surface area contributed by atoms with E-state index >= 15 is 0 Å². The maximum absolute atomic E-state index is 6.27.